The number of methoxy groups -OCH3 is 1. The van der Waals surface area contributed by atoms with Gasteiger partial charge in [0.05, 0.1) is 43.0 Å². The fraction of sp³-hybridized carbons (Fsp3) is 0.225. The lowest BCUT2D eigenvalue weighted by atomic mass is 10.1. The molecule has 0 aliphatic carbocycles. The van der Waals surface area contributed by atoms with E-state index in [9.17, 15) is 9.59 Å². The Bertz CT molecular complexity index is 2330. The first-order chi connectivity index (χ1) is 25.3. The van der Waals surface area contributed by atoms with Crippen molar-refractivity contribution in [1.82, 2.24) is 14.5 Å². The number of aryl methyl sites for hydroxylation is 1. The Labute approximate surface area is 304 Å². The average Bonchev–Trinajstić information content (AvgIpc) is 3.15. The van der Waals surface area contributed by atoms with Crippen molar-refractivity contribution in [3.05, 3.63) is 123 Å². The zero-order chi connectivity index (χ0) is 36.2. The van der Waals surface area contributed by atoms with E-state index in [0.717, 1.165) is 50.9 Å². The first-order valence-corrected chi connectivity index (χ1v) is 17.3. The summed E-state index contributed by atoms with van der Waals surface area (Å²) in [5.41, 5.74) is 1.96. The molecule has 7 rings (SSSR count). The molecule has 1 saturated heterocycles. The minimum absolute atomic E-state index is 0.00317. The van der Waals surface area contributed by atoms with Crippen molar-refractivity contribution in [1.29, 1.82) is 0 Å². The number of nitrogens with zero attached hydrogens (tertiary/aromatic N) is 3. The number of hydrogen-bond acceptors (Lipinski definition) is 8. The molecular formula is C40H36ClFN4O6. The summed E-state index contributed by atoms with van der Waals surface area (Å²) in [7, 11) is 1.55. The van der Waals surface area contributed by atoms with Crippen LogP contribution < -0.4 is 25.1 Å². The van der Waals surface area contributed by atoms with Crippen LogP contribution in [0.15, 0.2) is 95.9 Å². The van der Waals surface area contributed by atoms with Gasteiger partial charge in [0.25, 0.3) is 11.5 Å². The maximum absolute atomic E-state index is 15.6. The molecule has 0 atom stereocenters. The molecule has 0 spiro atoms. The van der Waals surface area contributed by atoms with Gasteiger partial charge in [0.1, 0.15) is 11.3 Å². The molecule has 266 valence electrons. The normalized spacial score (nSPS) is 13.3. The number of pyridine rings is 2. The Kier molecular flexibility index (Phi) is 10.3. The number of halogens is 2. The molecule has 1 aliphatic heterocycles. The highest BCUT2D eigenvalue weighted by atomic mass is 35.5. The van der Waals surface area contributed by atoms with Crippen LogP contribution >= 0.6 is 11.6 Å². The zero-order valence-electron chi connectivity index (χ0n) is 28.7. The first-order valence-electron chi connectivity index (χ1n) is 16.9. The minimum atomic E-state index is -0.777. The van der Waals surface area contributed by atoms with E-state index in [1.807, 2.05) is 19.1 Å². The molecule has 3 heterocycles. The summed E-state index contributed by atoms with van der Waals surface area (Å²) in [6.45, 7) is 6.69. The average molecular weight is 723 g/mol. The lowest BCUT2D eigenvalue weighted by Crippen LogP contribution is -2.37. The van der Waals surface area contributed by atoms with Gasteiger partial charge in [-0.05, 0) is 55.8 Å². The van der Waals surface area contributed by atoms with Crippen LogP contribution in [0.3, 0.4) is 0 Å². The van der Waals surface area contributed by atoms with Crippen LogP contribution in [0.5, 0.6) is 23.0 Å². The third kappa shape index (κ3) is 7.29. The highest BCUT2D eigenvalue weighted by Crippen LogP contribution is 2.38. The largest absolute Gasteiger partial charge is 0.493 e. The Morgan fingerprint density at radius 1 is 0.942 bits per heavy atom. The van der Waals surface area contributed by atoms with Crippen molar-refractivity contribution >= 4 is 45.0 Å². The molecule has 12 heteroatoms. The Morgan fingerprint density at radius 3 is 2.50 bits per heavy atom. The molecular weight excluding hydrogens is 687 g/mol. The van der Waals surface area contributed by atoms with Crippen LogP contribution in [0, 0.1) is 12.7 Å². The van der Waals surface area contributed by atoms with Gasteiger partial charge in [0.15, 0.2) is 23.1 Å². The standard InChI is InChI=1S/C40H36ClFN4O6/c1-25-8-11-27(12-9-25)46-32-7-4-3-6-28(32)38(41)37(40(46)48)39(47)44-26-10-13-34(30(42)22-26)52-33-14-15-43-31-24-36(35(49-2)23-29(31)33)51-19-5-16-45-17-20-50-21-18-45/h3-4,6-15,22-24H,5,16-21H2,1-2H3,(H,44,47). The highest BCUT2D eigenvalue weighted by molar-refractivity contribution is 6.39. The molecule has 2 aromatic heterocycles. The number of nitrogens with one attached hydrogen (secondary N) is 1. The molecule has 10 nitrogen and oxygen atoms in total. The number of para-hydroxylation sites is 1. The van der Waals surface area contributed by atoms with Gasteiger partial charge in [0.2, 0.25) is 0 Å². The van der Waals surface area contributed by atoms with Crippen molar-refractivity contribution in [3.8, 4) is 28.7 Å². The van der Waals surface area contributed by atoms with Gasteiger partial charge < -0.3 is 24.3 Å². The molecule has 1 N–H and O–H groups in total. The van der Waals surface area contributed by atoms with Gasteiger partial charge >= 0.3 is 0 Å². The highest BCUT2D eigenvalue weighted by Gasteiger charge is 2.23. The number of hydrogen-bond donors (Lipinski definition) is 1. The van der Waals surface area contributed by atoms with Crippen molar-refractivity contribution in [2.45, 2.75) is 13.3 Å². The second-order valence-corrected chi connectivity index (χ2v) is 12.7. The van der Waals surface area contributed by atoms with Gasteiger partial charge in [0, 0.05) is 60.1 Å². The molecule has 1 fully saturated rings. The second kappa shape index (κ2) is 15.4. The monoisotopic (exact) mass is 722 g/mol. The fourth-order valence-corrected chi connectivity index (χ4v) is 6.54. The van der Waals surface area contributed by atoms with Crippen LogP contribution in [0.1, 0.15) is 22.3 Å². The summed E-state index contributed by atoms with van der Waals surface area (Å²) in [4.78, 5) is 34.3. The van der Waals surface area contributed by atoms with Gasteiger partial charge in [-0.15, -0.1) is 0 Å². The predicted octanol–water partition coefficient (Wildman–Crippen LogP) is 7.79. The van der Waals surface area contributed by atoms with Crippen molar-refractivity contribution < 1.29 is 28.1 Å². The maximum atomic E-state index is 15.6. The Morgan fingerprint density at radius 2 is 1.73 bits per heavy atom. The van der Waals surface area contributed by atoms with E-state index in [-0.39, 0.29) is 22.0 Å². The molecule has 0 saturated carbocycles. The Hall–Kier alpha value is -5.49. The van der Waals surface area contributed by atoms with E-state index in [4.69, 9.17) is 30.5 Å². The van der Waals surface area contributed by atoms with Crippen LogP contribution in [-0.2, 0) is 4.74 Å². The van der Waals surface area contributed by atoms with Crippen molar-refractivity contribution in [2.24, 2.45) is 0 Å². The lowest BCUT2D eigenvalue weighted by Gasteiger charge is -2.26. The van der Waals surface area contributed by atoms with Crippen molar-refractivity contribution in [3.63, 3.8) is 0 Å². The van der Waals surface area contributed by atoms with E-state index in [1.165, 1.54) is 16.7 Å². The molecule has 1 aliphatic rings. The number of carbonyl (C=O) groups excluding carboxylic acids is 1. The molecule has 6 aromatic rings. The summed E-state index contributed by atoms with van der Waals surface area (Å²) < 4.78 is 40.1. The quantitative estimate of drug-likeness (QED) is 0.135. The zero-order valence-corrected chi connectivity index (χ0v) is 29.4. The van der Waals surface area contributed by atoms with E-state index in [2.05, 4.69) is 15.2 Å². The smallest absolute Gasteiger partial charge is 0.270 e. The second-order valence-electron chi connectivity index (χ2n) is 12.4. The number of benzene rings is 4. The fourth-order valence-electron chi connectivity index (χ4n) is 6.21. The van der Waals surface area contributed by atoms with E-state index in [1.54, 1.807) is 67.9 Å². The molecule has 1 amide bonds. The molecule has 0 radical (unpaired) electrons. The number of carbonyl (C=O) groups is 1. The number of aromatic nitrogens is 2. The molecule has 0 bridgehead atoms. The van der Waals surface area contributed by atoms with Crippen LogP contribution in [0.2, 0.25) is 5.02 Å². The molecule has 0 unspecified atom stereocenters. The number of amides is 1. The SMILES string of the molecule is COc1cc2c(Oc3ccc(NC(=O)c4c(Cl)c5ccccc5n(-c5ccc(C)cc5)c4=O)cc3F)ccnc2cc1OCCCN1CCOCC1. The number of morpholine rings is 1. The van der Waals surface area contributed by atoms with Gasteiger partial charge in [-0.25, -0.2) is 4.39 Å². The summed E-state index contributed by atoms with van der Waals surface area (Å²) in [6, 6.07) is 23.6. The predicted molar refractivity (Wildman–Crippen MR) is 199 cm³/mol. The number of fused-ring (bicyclic) bond motifs is 2. The first kappa shape index (κ1) is 34.9. The lowest BCUT2D eigenvalue weighted by molar-refractivity contribution is 0.0357. The van der Waals surface area contributed by atoms with E-state index >= 15 is 4.39 Å². The van der Waals surface area contributed by atoms with Crippen LogP contribution in [0.25, 0.3) is 27.5 Å². The maximum Gasteiger partial charge on any atom is 0.270 e. The minimum Gasteiger partial charge on any atom is -0.493 e. The Balaban J connectivity index is 1.10. The summed E-state index contributed by atoms with van der Waals surface area (Å²) in [5, 5.41) is 3.75. The van der Waals surface area contributed by atoms with E-state index < -0.39 is 17.3 Å². The summed E-state index contributed by atoms with van der Waals surface area (Å²) >= 11 is 6.68. The number of anilines is 1. The van der Waals surface area contributed by atoms with E-state index in [0.29, 0.717) is 51.3 Å². The van der Waals surface area contributed by atoms with Crippen LogP contribution in [-0.4, -0.2) is 66.9 Å². The third-order valence-electron chi connectivity index (χ3n) is 8.91. The summed E-state index contributed by atoms with van der Waals surface area (Å²) in [6.07, 6.45) is 2.41. The van der Waals surface area contributed by atoms with Gasteiger partial charge in [-0.1, -0.05) is 47.5 Å². The van der Waals surface area contributed by atoms with Crippen molar-refractivity contribution in [2.75, 3.05) is 51.9 Å². The number of rotatable bonds is 11. The number of ether oxygens (including phenoxy) is 4. The molecule has 4 aromatic carbocycles. The third-order valence-corrected chi connectivity index (χ3v) is 9.31. The van der Waals surface area contributed by atoms with Crippen LogP contribution in [0.4, 0.5) is 10.1 Å². The van der Waals surface area contributed by atoms with Gasteiger partial charge in [-0.3, -0.25) is 24.0 Å². The summed E-state index contributed by atoms with van der Waals surface area (Å²) in [5.74, 6) is -0.220. The molecule has 52 heavy (non-hydrogen) atoms. The topological polar surface area (TPSA) is 104 Å². The van der Waals surface area contributed by atoms with Gasteiger partial charge in [-0.2, -0.15) is 0 Å².